The lowest BCUT2D eigenvalue weighted by Crippen LogP contribution is -2.39. The molecule has 6 heteroatoms. The third-order valence-corrected chi connectivity index (χ3v) is 4.58. The van der Waals surface area contributed by atoms with Gasteiger partial charge >= 0.3 is 0 Å². The van der Waals surface area contributed by atoms with Crippen molar-refractivity contribution in [2.45, 2.75) is 38.3 Å². The Balaban J connectivity index is 1.42. The summed E-state index contributed by atoms with van der Waals surface area (Å²) < 4.78 is 5.55. The highest BCUT2D eigenvalue weighted by Gasteiger charge is 2.21. The second-order valence-electron chi connectivity index (χ2n) is 6.01. The van der Waals surface area contributed by atoms with Gasteiger partial charge in [-0.2, -0.15) is 0 Å². The van der Waals surface area contributed by atoms with Crippen molar-refractivity contribution in [3.8, 4) is 0 Å². The standard InChI is InChI=1S/C17H23N3O2S/c21-16-4-1-9-20(16)14-7-5-13(6-8-14)11-18-17(23)19-12-15-3-2-10-22-15/h5-8,15H,1-4,9-12H2,(H2,18,19,23)/t15-/m1/s1. The molecule has 1 aromatic carbocycles. The lowest BCUT2D eigenvalue weighted by Gasteiger charge is -2.16. The molecule has 23 heavy (non-hydrogen) atoms. The normalized spacial score (nSPS) is 20.8. The van der Waals surface area contributed by atoms with E-state index in [0.717, 1.165) is 50.2 Å². The molecule has 2 fully saturated rings. The van der Waals surface area contributed by atoms with Gasteiger partial charge in [0, 0.05) is 38.3 Å². The van der Waals surface area contributed by atoms with Crippen LogP contribution in [0, 0.1) is 0 Å². The van der Waals surface area contributed by atoms with E-state index < -0.39 is 0 Å². The van der Waals surface area contributed by atoms with Gasteiger partial charge in [0.2, 0.25) is 5.91 Å². The van der Waals surface area contributed by atoms with E-state index in [4.69, 9.17) is 17.0 Å². The first-order chi connectivity index (χ1) is 11.2. The fraction of sp³-hybridized carbons (Fsp3) is 0.529. The molecule has 1 amide bonds. The first-order valence-corrected chi connectivity index (χ1v) is 8.66. The molecule has 1 atom stereocenters. The summed E-state index contributed by atoms with van der Waals surface area (Å²) in [5.74, 6) is 0.218. The van der Waals surface area contributed by atoms with Gasteiger partial charge in [-0.3, -0.25) is 4.79 Å². The quantitative estimate of drug-likeness (QED) is 0.807. The second-order valence-corrected chi connectivity index (χ2v) is 6.42. The molecule has 0 bridgehead atoms. The van der Waals surface area contributed by atoms with E-state index in [9.17, 15) is 4.79 Å². The lowest BCUT2D eigenvalue weighted by molar-refractivity contribution is -0.117. The molecule has 2 aliphatic rings. The SMILES string of the molecule is O=C1CCCN1c1ccc(CNC(=S)NC[C@H]2CCCO2)cc1. The van der Waals surface area contributed by atoms with E-state index in [1.54, 1.807) is 0 Å². The molecule has 0 saturated carbocycles. The van der Waals surface area contributed by atoms with Crippen molar-refractivity contribution in [1.29, 1.82) is 0 Å². The van der Waals surface area contributed by atoms with Gasteiger partial charge in [0.05, 0.1) is 6.10 Å². The summed E-state index contributed by atoms with van der Waals surface area (Å²) >= 11 is 5.29. The Hall–Kier alpha value is -1.66. The molecular formula is C17H23N3O2S. The Labute approximate surface area is 142 Å². The molecule has 5 nitrogen and oxygen atoms in total. The number of nitrogens with one attached hydrogen (secondary N) is 2. The molecule has 3 rings (SSSR count). The molecular weight excluding hydrogens is 310 g/mol. The van der Waals surface area contributed by atoms with Crippen LogP contribution < -0.4 is 15.5 Å². The van der Waals surface area contributed by atoms with Crippen LogP contribution in [0.4, 0.5) is 5.69 Å². The zero-order valence-electron chi connectivity index (χ0n) is 13.2. The number of amides is 1. The van der Waals surface area contributed by atoms with Crippen LogP contribution >= 0.6 is 12.2 Å². The maximum atomic E-state index is 11.7. The summed E-state index contributed by atoms with van der Waals surface area (Å²) in [6.07, 6.45) is 4.14. The van der Waals surface area contributed by atoms with Crippen LogP contribution in [0.3, 0.4) is 0 Å². The van der Waals surface area contributed by atoms with E-state index in [1.165, 1.54) is 0 Å². The molecule has 2 saturated heterocycles. The highest BCUT2D eigenvalue weighted by atomic mass is 32.1. The molecule has 0 aliphatic carbocycles. The van der Waals surface area contributed by atoms with Crippen LogP contribution in [0.15, 0.2) is 24.3 Å². The minimum Gasteiger partial charge on any atom is -0.376 e. The minimum atomic E-state index is 0.218. The summed E-state index contributed by atoms with van der Waals surface area (Å²) in [5.41, 5.74) is 2.12. The first-order valence-electron chi connectivity index (χ1n) is 8.25. The molecule has 2 aliphatic heterocycles. The Morgan fingerprint density at radius 1 is 1.26 bits per heavy atom. The van der Waals surface area contributed by atoms with Gasteiger partial charge in [-0.05, 0) is 49.2 Å². The molecule has 124 valence electrons. The van der Waals surface area contributed by atoms with Crippen molar-refractivity contribution in [2.24, 2.45) is 0 Å². The largest absolute Gasteiger partial charge is 0.376 e. The van der Waals surface area contributed by atoms with Crippen molar-refractivity contribution in [2.75, 3.05) is 24.6 Å². The molecule has 1 aromatic rings. The third kappa shape index (κ3) is 4.42. The number of carbonyl (C=O) groups is 1. The topological polar surface area (TPSA) is 53.6 Å². The highest BCUT2D eigenvalue weighted by Crippen LogP contribution is 2.21. The summed E-state index contributed by atoms with van der Waals surface area (Å²) in [4.78, 5) is 13.6. The van der Waals surface area contributed by atoms with E-state index in [1.807, 2.05) is 29.2 Å². The van der Waals surface area contributed by atoms with Crippen molar-refractivity contribution in [3.05, 3.63) is 29.8 Å². The number of ether oxygens (including phenoxy) is 1. The molecule has 0 aromatic heterocycles. The van der Waals surface area contributed by atoms with Gasteiger partial charge in [-0.15, -0.1) is 0 Å². The van der Waals surface area contributed by atoms with Crippen LogP contribution in [-0.2, 0) is 16.1 Å². The van der Waals surface area contributed by atoms with Crippen LogP contribution in [0.1, 0.15) is 31.2 Å². The smallest absolute Gasteiger partial charge is 0.227 e. The zero-order chi connectivity index (χ0) is 16.1. The number of benzene rings is 1. The Kier molecular flexibility index (Phi) is 5.46. The van der Waals surface area contributed by atoms with Crippen LogP contribution in [0.5, 0.6) is 0 Å². The number of thiocarbonyl (C=S) groups is 1. The summed E-state index contributed by atoms with van der Waals surface area (Å²) in [6, 6.07) is 8.08. The van der Waals surface area contributed by atoms with Crippen LogP contribution in [-0.4, -0.2) is 36.8 Å². The molecule has 0 unspecified atom stereocenters. The third-order valence-electron chi connectivity index (χ3n) is 4.29. The highest BCUT2D eigenvalue weighted by molar-refractivity contribution is 7.80. The number of hydrogen-bond donors (Lipinski definition) is 2. The number of carbonyl (C=O) groups excluding carboxylic acids is 1. The molecule has 2 heterocycles. The summed E-state index contributed by atoms with van der Waals surface area (Å²) in [5, 5.41) is 7.06. The maximum Gasteiger partial charge on any atom is 0.227 e. The van der Waals surface area contributed by atoms with Crippen LogP contribution in [0.2, 0.25) is 0 Å². The van der Waals surface area contributed by atoms with Gasteiger partial charge in [-0.25, -0.2) is 0 Å². The maximum absolute atomic E-state index is 11.7. The first kappa shape index (κ1) is 16.2. The van der Waals surface area contributed by atoms with E-state index >= 15 is 0 Å². The number of anilines is 1. The van der Waals surface area contributed by atoms with Gasteiger partial charge < -0.3 is 20.3 Å². The average molecular weight is 333 g/mol. The Bertz CT molecular complexity index is 555. The van der Waals surface area contributed by atoms with E-state index in [-0.39, 0.29) is 12.0 Å². The molecule has 2 N–H and O–H groups in total. The number of hydrogen-bond acceptors (Lipinski definition) is 3. The lowest BCUT2D eigenvalue weighted by atomic mass is 10.2. The molecule has 0 spiro atoms. The monoisotopic (exact) mass is 333 g/mol. The second kappa shape index (κ2) is 7.75. The Morgan fingerprint density at radius 3 is 2.74 bits per heavy atom. The minimum absolute atomic E-state index is 0.218. The van der Waals surface area contributed by atoms with Crippen molar-refractivity contribution >= 4 is 28.9 Å². The fourth-order valence-electron chi connectivity index (χ4n) is 2.97. The zero-order valence-corrected chi connectivity index (χ0v) is 14.0. The van der Waals surface area contributed by atoms with Crippen LogP contribution in [0.25, 0.3) is 0 Å². The molecule has 0 radical (unpaired) electrons. The van der Waals surface area contributed by atoms with Gasteiger partial charge in [0.1, 0.15) is 0 Å². The average Bonchev–Trinajstić information content (AvgIpc) is 3.23. The van der Waals surface area contributed by atoms with Crippen molar-refractivity contribution in [1.82, 2.24) is 10.6 Å². The number of rotatable bonds is 5. The van der Waals surface area contributed by atoms with Gasteiger partial charge in [0.15, 0.2) is 5.11 Å². The summed E-state index contributed by atoms with van der Waals surface area (Å²) in [7, 11) is 0. The Morgan fingerprint density at radius 2 is 2.09 bits per heavy atom. The van der Waals surface area contributed by atoms with Crippen molar-refractivity contribution < 1.29 is 9.53 Å². The number of nitrogens with zero attached hydrogens (tertiary/aromatic N) is 1. The summed E-state index contributed by atoms with van der Waals surface area (Å²) in [6.45, 7) is 3.12. The van der Waals surface area contributed by atoms with E-state index in [0.29, 0.717) is 18.1 Å². The van der Waals surface area contributed by atoms with Gasteiger partial charge in [-0.1, -0.05) is 12.1 Å². The van der Waals surface area contributed by atoms with Crippen molar-refractivity contribution in [3.63, 3.8) is 0 Å². The predicted molar refractivity (Wildman–Crippen MR) is 94.4 cm³/mol. The fourth-order valence-corrected chi connectivity index (χ4v) is 3.13. The predicted octanol–water partition coefficient (Wildman–Crippen LogP) is 1.96. The van der Waals surface area contributed by atoms with E-state index in [2.05, 4.69) is 10.6 Å². The van der Waals surface area contributed by atoms with Gasteiger partial charge in [0.25, 0.3) is 0 Å².